The molecule has 0 saturated carbocycles. The maximum atomic E-state index is 13.3. The summed E-state index contributed by atoms with van der Waals surface area (Å²) < 4.78 is 47.6. The van der Waals surface area contributed by atoms with Gasteiger partial charge in [-0.2, -0.15) is 25.5 Å². The average Bonchev–Trinajstić information content (AvgIpc) is 1.80. The fourth-order valence-corrected chi connectivity index (χ4v) is 14.7. The first-order valence-corrected chi connectivity index (χ1v) is 43.3. The number of fused-ring (bicyclic) bond motifs is 1. The molecule has 0 bridgehead atoms. The molecular weight excluding hydrogens is 1790 g/mol. The van der Waals surface area contributed by atoms with Gasteiger partial charge in [0.15, 0.2) is 52.0 Å². The number of methoxy groups -OCH3 is 2. The molecule has 0 saturated heterocycles. The van der Waals surface area contributed by atoms with Crippen molar-refractivity contribution in [2.24, 2.45) is 0 Å². The van der Waals surface area contributed by atoms with Crippen LogP contribution in [0, 0.1) is 46.3 Å². The van der Waals surface area contributed by atoms with Crippen molar-refractivity contribution in [1.29, 1.82) is 0 Å². The minimum absolute atomic E-state index is 0.0921. The largest absolute Gasteiger partial charge is 0.497 e. The molecule has 10 aromatic carbocycles. The minimum Gasteiger partial charge on any atom is -0.497 e. The monoisotopic (exact) mass is 1890 g/mol. The number of rotatable bonds is 30. The Hall–Kier alpha value is -15.4. The quantitative estimate of drug-likeness (QED) is 0.0147. The number of allylic oxidation sites excluding steroid dienone is 5. The molecule has 0 amide bonds. The molecular formula is C106H96Cl2F2N10O17. The van der Waals surface area contributed by atoms with Crippen molar-refractivity contribution in [3.05, 3.63) is 387 Å². The van der Waals surface area contributed by atoms with Crippen LogP contribution in [0.3, 0.4) is 0 Å². The summed E-state index contributed by atoms with van der Waals surface area (Å²) in [4.78, 5) is 62.0. The first-order chi connectivity index (χ1) is 66.0. The fourth-order valence-electron chi connectivity index (χ4n) is 14.4. The number of carbonyl (C=O) groups is 5. The molecule has 0 unspecified atom stereocenters. The van der Waals surface area contributed by atoms with Crippen LogP contribution >= 0.6 is 23.2 Å². The van der Waals surface area contributed by atoms with Crippen LogP contribution in [0.15, 0.2) is 237 Å². The van der Waals surface area contributed by atoms with Gasteiger partial charge < -0.3 is 59.8 Å². The lowest BCUT2D eigenvalue weighted by atomic mass is 10.0. The van der Waals surface area contributed by atoms with Gasteiger partial charge in [0.2, 0.25) is 6.79 Å². The van der Waals surface area contributed by atoms with Crippen LogP contribution in [0.25, 0.3) is 86.7 Å². The molecule has 137 heavy (non-hydrogen) atoms. The molecule has 27 nitrogen and oxygen atoms in total. The van der Waals surface area contributed by atoms with Gasteiger partial charge in [0.05, 0.1) is 134 Å². The smallest absolute Gasteiger partial charge is 0.231 e. The number of nitrogens with one attached hydrogen (secondary N) is 5. The number of aromatic nitrogens is 10. The van der Waals surface area contributed by atoms with Crippen LogP contribution < -0.4 is 18.9 Å². The summed E-state index contributed by atoms with van der Waals surface area (Å²) in [5.41, 5.74) is 22.6. The molecule has 1 aliphatic heterocycles. The number of aliphatic hydroxyl groups excluding tert-OH is 8. The topological polar surface area (TPSA) is 428 Å². The molecule has 0 spiro atoms. The third-order valence-electron chi connectivity index (χ3n) is 21.0. The van der Waals surface area contributed by atoms with Gasteiger partial charge >= 0.3 is 0 Å². The summed E-state index contributed by atoms with van der Waals surface area (Å²) in [5, 5.41) is 111. The van der Waals surface area contributed by atoms with Gasteiger partial charge in [0.25, 0.3) is 0 Å². The SMILES string of the molecule is COc1cc(-c2cc(/C=C/C(=O)c3cc(C)cc(CO)c3)[nH]n2)cc(CO)c1CO.COc1cc(CO)cc(-c2cc(/C=C/C(=O)c3cc(C)cc(CO)c3)[nH]n2)c1.Cc1cc(CO)cc(C(=O)/C=C/c2cc(-c3ccc(Cl)c(Cl)c3)n[nH]2)c1.Cc1cc(CO)cc(C(=O)/C=C/c2cc(-c3ccc(F)c(F)c3)n[nH]2)c1.Cc1cc(CO)cc(C(=O)/C=C/c2cc(-c3ccc4c(c3)OCO4)n[nH]2)c1. The van der Waals surface area contributed by atoms with Crippen LogP contribution in [-0.4, -0.2) is 142 Å². The van der Waals surface area contributed by atoms with Gasteiger partial charge in [-0.05, 0) is 304 Å². The maximum absolute atomic E-state index is 13.3. The molecule has 31 heteroatoms. The van der Waals surface area contributed by atoms with Crippen molar-refractivity contribution < 1.29 is 92.6 Å². The maximum Gasteiger partial charge on any atom is 0.231 e. The standard InChI is InChI=1S/C23H24N2O5.C22H22N2O4.C21H18N2O4.C20H16Cl2N2O2.C20H16F2N2O2/c1-14-5-15(11-26)7-17(6-14)22(29)4-3-19-10-21(25-24-19)16-8-18(12-27)20(13-28)23(9-16)30-2;1-14-5-15(12-25)8-18(6-14)22(27)4-3-19-11-21(24-23-19)17-7-16(13-26)9-20(10-17)28-2;1-13-6-14(11-24)8-16(7-13)19(25)4-3-17-10-18(23-22-17)15-2-5-20-21(9-15)27-12-26-20;2*1-12-6-13(11-25)8-15(7-12)20(26)5-3-16-10-19(24-23-16)14-2-4-17(21)18(22)9-14/h3-10,26-28H,11-13H2,1-2H3,(H,24,25);3-11,25-26H,12-13H2,1-2H3,(H,23,24);2-10,24H,11-12H2,1H3,(H,22,23);2*2-10,25H,11H2,1H3,(H,23,24)/b3*4-3+;2*5-3+. The van der Waals surface area contributed by atoms with E-state index in [0.29, 0.717) is 151 Å². The summed E-state index contributed by atoms with van der Waals surface area (Å²) >= 11 is 12.0. The van der Waals surface area contributed by atoms with Crippen molar-refractivity contribution in [1.82, 2.24) is 51.0 Å². The third-order valence-corrected chi connectivity index (χ3v) is 21.7. The van der Waals surface area contributed by atoms with Crippen LogP contribution in [0.2, 0.25) is 10.0 Å². The second kappa shape index (κ2) is 48.0. The molecule has 6 heterocycles. The number of halogens is 4. The van der Waals surface area contributed by atoms with E-state index in [0.717, 1.165) is 79.2 Å². The van der Waals surface area contributed by atoms with Gasteiger partial charge in [-0.15, -0.1) is 0 Å². The zero-order valence-corrected chi connectivity index (χ0v) is 76.8. The highest BCUT2D eigenvalue weighted by Gasteiger charge is 2.20. The normalized spacial score (nSPS) is 11.5. The Morgan fingerprint density at radius 1 is 0.328 bits per heavy atom. The van der Waals surface area contributed by atoms with E-state index in [1.165, 1.54) is 43.6 Å². The number of H-pyrrole nitrogens is 5. The van der Waals surface area contributed by atoms with Crippen LogP contribution in [-0.2, 0) is 52.9 Å². The van der Waals surface area contributed by atoms with Crippen LogP contribution in [0.4, 0.5) is 8.78 Å². The first-order valence-electron chi connectivity index (χ1n) is 42.5. The van der Waals surface area contributed by atoms with Gasteiger partial charge in [-0.1, -0.05) is 87.4 Å². The Balaban J connectivity index is 0.000000154. The van der Waals surface area contributed by atoms with E-state index in [1.807, 2.05) is 120 Å². The zero-order chi connectivity index (χ0) is 97.9. The van der Waals surface area contributed by atoms with Crippen LogP contribution in [0.5, 0.6) is 23.0 Å². The van der Waals surface area contributed by atoms with E-state index in [-0.39, 0.29) is 88.6 Å². The molecule has 0 radical (unpaired) electrons. The summed E-state index contributed by atoms with van der Waals surface area (Å²) in [6.07, 6.45) is 15.5. The summed E-state index contributed by atoms with van der Waals surface area (Å²) in [5.74, 6) is -0.173. The number of aromatic amines is 5. The highest BCUT2D eigenvalue weighted by Crippen LogP contribution is 2.37. The van der Waals surface area contributed by atoms with Gasteiger partial charge in [0.1, 0.15) is 11.5 Å². The van der Waals surface area contributed by atoms with Crippen molar-refractivity contribution >= 4 is 82.5 Å². The zero-order valence-electron chi connectivity index (χ0n) is 75.3. The van der Waals surface area contributed by atoms with Gasteiger partial charge in [0, 0.05) is 61.2 Å². The second-order valence-corrected chi connectivity index (χ2v) is 32.4. The Kier molecular flexibility index (Phi) is 35.3. The van der Waals surface area contributed by atoms with Crippen molar-refractivity contribution in [2.75, 3.05) is 21.0 Å². The molecule has 5 aromatic heterocycles. The Morgan fingerprint density at radius 3 is 0.993 bits per heavy atom. The third kappa shape index (κ3) is 27.7. The van der Waals surface area contributed by atoms with Crippen molar-refractivity contribution in [3.8, 4) is 79.3 Å². The van der Waals surface area contributed by atoms with E-state index in [4.69, 9.17) is 42.1 Å². The molecule has 15 aromatic rings. The number of aryl methyl sites for hydroxylation is 5. The minimum atomic E-state index is -0.947. The molecule has 16 rings (SSSR count). The molecule has 0 atom stereocenters. The number of ether oxygens (including phenoxy) is 4. The lowest BCUT2D eigenvalue weighted by Gasteiger charge is -2.12. The van der Waals surface area contributed by atoms with Gasteiger partial charge in [-0.3, -0.25) is 49.5 Å². The molecule has 13 N–H and O–H groups in total. The highest BCUT2D eigenvalue weighted by atomic mass is 35.5. The Morgan fingerprint density at radius 2 is 0.657 bits per heavy atom. The first kappa shape index (κ1) is 101. The number of carbonyl (C=O) groups excluding carboxylic acids is 5. The van der Waals surface area contributed by atoms with E-state index in [9.17, 15) is 73.6 Å². The lowest BCUT2D eigenvalue weighted by Crippen LogP contribution is -1.99. The van der Waals surface area contributed by atoms with E-state index >= 15 is 0 Å². The number of hydrogen-bond acceptors (Lipinski definition) is 22. The molecule has 0 aliphatic carbocycles. The van der Waals surface area contributed by atoms with E-state index < -0.39 is 11.6 Å². The number of aliphatic hydroxyl groups is 8. The average molecular weight is 1890 g/mol. The van der Waals surface area contributed by atoms with Crippen molar-refractivity contribution in [2.45, 2.75) is 87.5 Å². The predicted molar refractivity (Wildman–Crippen MR) is 519 cm³/mol. The van der Waals surface area contributed by atoms with E-state index in [1.54, 1.807) is 141 Å². The Bertz CT molecular complexity index is 6850. The number of nitrogens with zero attached hydrogens (tertiary/aromatic N) is 5. The van der Waals surface area contributed by atoms with Crippen molar-refractivity contribution in [3.63, 3.8) is 0 Å². The number of benzene rings is 10. The lowest BCUT2D eigenvalue weighted by molar-refractivity contribution is 0.103. The van der Waals surface area contributed by atoms with Gasteiger partial charge in [-0.25, -0.2) is 8.78 Å². The highest BCUT2D eigenvalue weighted by molar-refractivity contribution is 6.42. The molecule has 1 aliphatic rings. The Labute approximate surface area is 796 Å². The summed E-state index contributed by atoms with van der Waals surface area (Å²) in [6, 6.07) is 58.7. The predicted octanol–water partition coefficient (Wildman–Crippen LogP) is 18.7. The van der Waals surface area contributed by atoms with E-state index in [2.05, 4.69) is 51.0 Å². The second-order valence-electron chi connectivity index (χ2n) is 31.5. The number of hydrogen-bond donors (Lipinski definition) is 13. The molecule has 700 valence electrons. The number of ketones is 5. The fraction of sp³-hybridized carbons (Fsp3) is 0.151. The molecule has 0 fully saturated rings. The van der Waals surface area contributed by atoms with Crippen LogP contribution in [0.1, 0.15) is 153 Å². The summed E-state index contributed by atoms with van der Waals surface area (Å²) in [7, 11) is 3.06. The summed E-state index contributed by atoms with van der Waals surface area (Å²) in [6.45, 7) is 8.49.